The number of rotatable bonds is 8. The Morgan fingerprint density at radius 1 is 1.08 bits per heavy atom. The summed E-state index contributed by atoms with van der Waals surface area (Å²) in [7, 11) is -4.21. The van der Waals surface area contributed by atoms with Crippen LogP contribution < -0.4 is 10.0 Å². The van der Waals surface area contributed by atoms with E-state index >= 15 is 0 Å². The number of fused-ring (bicyclic) bond motifs is 1. The smallest absolute Gasteiger partial charge is 0.326 e. The fraction of sp³-hybridized carbons (Fsp3) is 0.0833. The first-order valence-electron chi connectivity index (χ1n) is 10.5. The van der Waals surface area contributed by atoms with Gasteiger partial charge in [-0.1, -0.05) is 12.1 Å². The first kappa shape index (κ1) is 26.9. The lowest BCUT2D eigenvalue weighted by Gasteiger charge is -2.18. The molecule has 4 rings (SSSR count). The molecule has 1 heterocycles. The van der Waals surface area contributed by atoms with Gasteiger partial charge in [-0.15, -0.1) is 0 Å². The summed E-state index contributed by atoms with van der Waals surface area (Å²) in [6.45, 7) is 0. The molecule has 0 radical (unpaired) electrons. The van der Waals surface area contributed by atoms with Gasteiger partial charge < -0.3 is 10.4 Å². The number of carboxylic acid groups (broad SMARTS) is 1. The average Bonchev–Trinajstić information content (AvgIpc) is 2.85. The molecule has 0 saturated heterocycles. The predicted molar refractivity (Wildman–Crippen MR) is 146 cm³/mol. The third-order valence-corrected chi connectivity index (χ3v) is 7.92. The lowest BCUT2D eigenvalue weighted by atomic mass is 10.0. The van der Waals surface area contributed by atoms with Crippen molar-refractivity contribution in [3.8, 4) is 0 Å². The van der Waals surface area contributed by atoms with E-state index in [0.717, 1.165) is 0 Å². The van der Waals surface area contributed by atoms with Crippen LogP contribution in [-0.4, -0.2) is 41.4 Å². The number of para-hydroxylation sites is 1. The number of amides is 1. The molecule has 1 atom stereocenters. The molecule has 1 aromatic heterocycles. The first-order chi connectivity index (χ1) is 17.5. The van der Waals surface area contributed by atoms with E-state index in [1.165, 1.54) is 54.9 Å². The average molecular weight is 699 g/mol. The fourth-order valence-electron chi connectivity index (χ4n) is 3.52. The lowest BCUT2D eigenvalue weighted by Crippen LogP contribution is -2.42. The van der Waals surface area contributed by atoms with E-state index in [1.807, 2.05) is 22.6 Å². The summed E-state index contributed by atoms with van der Waals surface area (Å²) >= 11 is 5.02. The Bertz CT molecular complexity index is 1630. The van der Waals surface area contributed by atoms with Crippen LogP contribution in [0.1, 0.15) is 15.9 Å². The summed E-state index contributed by atoms with van der Waals surface area (Å²) in [4.78, 5) is 33.1. The highest BCUT2D eigenvalue weighted by Crippen LogP contribution is 2.26. The molecule has 13 heteroatoms. The van der Waals surface area contributed by atoms with Gasteiger partial charge in [0.2, 0.25) is 0 Å². The maximum absolute atomic E-state index is 13.6. The Morgan fingerprint density at radius 2 is 1.84 bits per heavy atom. The SMILES string of the molecule is O=C(N[C@@H](Cc1ccc(F)c(Br)c1)C(=O)O)c1ccc(I)cc1NS(=O)(=O)c1cccc2nccnc12. The second-order valence-corrected chi connectivity index (χ2v) is 11.5. The molecule has 3 aromatic carbocycles. The van der Waals surface area contributed by atoms with Gasteiger partial charge in [-0.3, -0.25) is 19.5 Å². The molecule has 0 spiro atoms. The Hall–Kier alpha value is -3.17. The van der Waals surface area contributed by atoms with Crippen molar-refractivity contribution >= 4 is 77.1 Å². The van der Waals surface area contributed by atoms with E-state index < -0.39 is 33.8 Å². The maximum Gasteiger partial charge on any atom is 0.326 e. The third-order valence-electron chi connectivity index (χ3n) is 5.25. The number of nitrogens with one attached hydrogen (secondary N) is 2. The van der Waals surface area contributed by atoms with Crippen molar-refractivity contribution in [1.82, 2.24) is 15.3 Å². The van der Waals surface area contributed by atoms with Gasteiger partial charge in [-0.25, -0.2) is 17.6 Å². The van der Waals surface area contributed by atoms with Crippen molar-refractivity contribution in [3.05, 3.63) is 92.0 Å². The highest BCUT2D eigenvalue weighted by atomic mass is 127. The number of carbonyl (C=O) groups is 2. The normalized spacial score (nSPS) is 12.2. The predicted octanol–water partition coefficient (Wildman–Crippen LogP) is 4.36. The van der Waals surface area contributed by atoms with Crippen LogP contribution in [0.25, 0.3) is 11.0 Å². The quantitative estimate of drug-likeness (QED) is 0.233. The molecule has 3 N–H and O–H groups in total. The fourth-order valence-corrected chi connectivity index (χ4v) is 5.68. The van der Waals surface area contributed by atoms with Crippen LogP contribution in [0.2, 0.25) is 0 Å². The van der Waals surface area contributed by atoms with Crippen LogP contribution >= 0.6 is 38.5 Å². The van der Waals surface area contributed by atoms with Crippen molar-refractivity contribution < 1.29 is 27.5 Å². The summed E-state index contributed by atoms with van der Waals surface area (Å²) in [6, 6.07) is 11.6. The molecule has 190 valence electrons. The van der Waals surface area contributed by atoms with Gasteiger partial charge in [0.15, 0.2) is 0 Å². The van der Waals surface area contributed by atoms with Crippen molar-refractivity contribution in [2.75, 3.05) is 4.72 Å². The topological polar surface area (TPSA) is 138 Å². The zero-order valence-electron chi connectivity index (χ0n) is 18.7. The Labute approximate surface area is 232 Å². The zero-order chi connectivity index (χ0) is 26.7. The summed E-state index contributed by atoms with van der Waals surface area (Å²) < 4.78 is 43.4. The Kier molecular flexibility index (Phi) is 8.04. The molecule has 4 aromatic rings. The molecule has 0 saturated carbocycles. The van der Waals surface area contributed by atoms with Crippen LogP contribution in [0, 0.1) is 9.39 Å². The number of hydrogen-bond acceptors (Lipinski definition) is 6. The zero-order valence-corrected chi connectivity index (χ0v) is 23.2. The number of anilines is 1. The van der Waals surface area contributed by atoms with Crippen molar-refractivity contribution in [2.45, 2.75) is 17.4 Å². The molecule has 37 heavy (non-hydrogen) atoms. The molecule has 0 aliphatic heterocycles. The summed E-state index contributed by atoms with van der Waals surface area (Å²) in [5, 5.41) is 12.1. The largest absolute Gasteiger partial charge is 0.480 e. The van der Waals surface area contributed by atoms with E-state index in [1.54, 1.807) is 12.1 Å². The van der Waals surface area contributed by atoms with Gasteiger partial charge in [0.1, 0.15) is 22.3 Å². The van der Waals surface area contributed by atoms with E-state index in [2.05, 4.69) is 35.9 Å². The summed E-state index contributed by atoms with van der Waals surface area (Å²) in [6.07, 6.45) is 2.69. The maximum atomic E-state index is 13.6. The van der Waals surface area contributed by atoms with Gasteiger partial charge in [0.05, 0.1) is 21.2 Å². The molecule has 0 aliphatic carbocycles. The van der Waals surface area contributed by atoms with Crippen LogP contribution in [0.4, 0.5) is 10.1 Å². The summed E-state index contributed by atoms with van der Waals surface area (Å²) in [5.41, 5.74) is 0.885. The molecule has 9 nitrogen and oxygen atoms in total. The van der Waals surface area contributed by atoms with Crippen LogP contribution in [0.15, 0.2) is 76.4 Å². The minimum Gasteiger partial charge on any atom is -0.480 e. The van der Waals surface area contributed by atoms with Crippen molar-refractivity contribution in [3.63, 3.8) is 0 Å². The van der Waals surface area contributed by atoms with Gasteiger partial charge in [-0.2, -0.15) is 0 Å². The van der Waals surface area contributed by atoms with E-state index in [-0.39, 0.29) is 32.6 Å². The minimum absolute atomic E-state index is 0.0426. The van der Waals surface area contributed by atoms with Gasteiger partial charge in [0, 0.05) is 22.4 Å². The second-order valence-electron chi connectivity index (χ2n) is 7.79. The summed E-state index contributed by atoms with van der Waals surface area (Å²) in [5.74, 6) is -2.62. The Balaban J connectivity index is 1.63. The number of hydrogen-bond donors (Lipinski definition) is 3. The van der Waals surface area contributed by atoms with Crippen LogP contribution in [-0.2, 0) is 21.2 Å². The second kappa shape index (κ2) is 11.1. The number of aromatic nitrogens is 2. The first-order valence-corrected chi connectivity index (χ1v) is 13.9. The molecule has 1 amide bonds. The molecule has 0 unspecified atom stereocenters. The highest BCUT2D eigenvalue weighted by molar-refractivity contribution is 14.1. The van der Waals surface area contributed by atoms with Gasteiger partial charge in [-0.05, 0) is 86.5 Å². The third kappa shape index (κ3) is 6.22. The number of carboxylic acids is 1. The Morgan fingerprint density at radius 3 is 2.57 bits per heavy atom. The van der Waals surface area contributed by atoms with Crippen molar-refractivity contribution in [1.29, 1.82) is 0 Å². The molecule has 0 bridgehead atoms. The lowest BCUT2D eigenvalue weighted by molar-refractivity contribution is -0.139. The highest BCUT2D eigenvalue weighted by Gasteiger charge is 2.26. The molecule has 0 fully saturated rings. The van der Waals surface area contributed by atoms with E-state index in [0.29, 0.717) is 14.7 Å². The van der Waals surface area contributed by atoms with Crippen LogP contribution in [0.3, 0.4) is 0 Å². The standard InChI is InChI=1S/C24H17BrFIN4O5S/c25-16-10-13(4-7-17(16)26)11-20(24(33)34)30-23(32)15-6-5-14(27)12-19(15)31-37(35,36)21-3-1-2-18-22(21)29-9-8-28-18/h1-10,12,20,31H,11H2,(H,30,32)(H,33,34)/t20-/m0/s1. The molecule has 0 aliphatic rings. The number of aliphatic carboxylic acids is 1. The monoisotopic (exact) mass is 698 g/mol. The number of sulfonamides is 1. The minimum atomic E-state index is -4.21. The van der Waals surface area contributed by atoms with Crippen molar-refractivity contribution in [2.24, 2.45) is 0 Å². The number of benzene rings is 3. The van der Waals surface area contributed by atoms with Gasteiger partial charge in [0.25, 0.3) is 15.9 Å². The van der Waals surface area contributed by atoms with E-state index in [9.17, 15) is 27.5 Å². The number of nitrogens with zero attached hydrogens (tertiary/aromatic N) is 2. The molecular weight excluding hydrogens is 682 g/mol. The van der Waals surface area contributed by atoms with E-state index in [4.69, 9.17) is 0 Å². The number of carbonyl (C=O) groups excluding carboxylic acids is 1. The van der Waals surface area contributed by atoms with Gasteiger partial charge >= 0.3 is 5.97 Å². The number of halogens is 3. The molecular formula is C24H17BrFIN4O5S. The van der Waals surface area contributed by atoms with Crippen LogP contribution in [0.5, 0.6) is 0 Å².